The van der Waals surface area contributed by atoms with Crippen LogP contribution < -0.4 is 5.73 Å². The molecule has 0 aliphatic rings. The number of halogens is 1. The molecule has 0 aliphatic carbocycles. The Bertz CT molecular complexity index is 395. The average Bonchev–Trinajstić information content (AvgIpc) is 2.43. The Morgan fingerprint density at radius 2 is 1.75 bits per heavy atom. The van der Waals surface area contributed by atoms with Gasteiger partial charge in [0.05, 0.1) is 0 Å². The summed E-state index contributed by atoms with van der Waals surface area (Å²) in [4.78, 5) is 14.1. The van der Waals surface area contributed by atoms with E-state index in [9.17, 15) is 4.79 Å². The zero-order chi connectivity index (χ0) is 14.4. The number of carbonyl (C=O) groups is 1. The van der Waals surface area contributed by atoms with Crippen LogP contribution in [-0.4, -0.2) is 30.4 Å². The lowest BCUT2D eigenvalue weighted by molar-refractivity contribution is -0.132. The van der Waals surface area contributed by atoms with E-state index in [0.717, 1.165) is 0 Å². The maximum atomic E-state index is 12.3. The van der Waals surface area contributed by atoms with Gasteiger partial charge in [0.1, 0.15) is 0 Å². The highest BCUT2D eigenvalue weighted by molar-refractivity contribution is 5.85. The van der Waals surface area contributed by atoms with Gasteiger partial charge in [0, 0.05) is 26.1 Å². The molecule has 0 heterocycles. The Morgan fingerprint density at radius 3 is 2.20 bits per heavy atom. The molecule has 1 rings (SSSR count). The number of likely N-dealkylation sites (N-methyl/N-ethyl adjacent to an activating group) is 1. The fourth-order valence-corrected chi connectivity index (χ4v) is 2.17. The van der Waals surface area contributed by atoms with Crippen molar-refractivity contribution >= 4 is 18.3 Å². The van der Waals surface area contributed by atoms with Gasteiger partial charge in [-0.25, -0.2) is 0 Å². The van der Waals surface area contributed by atoms with E-state index in [4.69, 9.17) is 5.73 Å². The molecule has 1 aromatic carbocycles. The summed E-state index contributed by atoms with van der Waals surface area (Å²) in [6.07, 6.45) is 0.544. The van der Waals surface area contributed by atoms with Gasteiger partial charge in [-0.2, -0.15) is 0 Å². The van der Waals surface area contributed by atoms with Crippen molar-refractivity contribution in [1.82, 2.24) is 4.90 Å². The van der Waals surface area contributed by atoms with Crippen molar-refractivity contribution in [1.29, 1.82) is 0 Å². The van der Waals surface area contributed by atoms with Crippen molar-refractivity contribution in [3.8, 4) is 0 Å². The summed E-state index contributed by atoms with van der Waals surface area (Å²) in [5.74, 6) is 0.870. The Morgan fingerprint density at radius 1 is 1.20 bits per heavy atom. The zero-order valence-corrected chi connectivity index (χ0v) is 13.7. The second-order valence-electron chi connectivity index (χ2n) is 5.55. The van der Waals surface area contributed by atoms with Gasteiger partial charge in [0.2, 0.25) is 5.91 Å². The smallest absolute Gasteiger partial charge is 0.223 e. The normalized spacial score (nSPS) is 13.5. The van der Waals surface area contributed by atoms with Crippen LogP contribution in [0.2, 0.25) is 0 Å². The molecule has 0 spiro atoms. The highest BCUT2D eigenvalue weighted by Crippen LogP contribution is 2.28. The lowest BCUT2D eigenvalue weighted by Crippen LogP contribution is -2.40. The quantitative estimate of drug-likeness (QED) is 0.877. The van der Waals surface area contributed by atoms with Crippen LogP contribution in [-0.2, 0) is 4.79 Å². The summed E-state index contributed by atoms with van der Waals surface area (Å²) in [6.45, 7) is 6.80. The summed E-state index contributed by atoms with van der Waals surface area (Å²) in [5, 5.41) is 0. The number of amides is 1. The van der Waals surface area contributed by atoms with Crippen LogP contribution in [0.1, 0.15) is 38.7 Å². The number of carbonyl (C=O) groups excluding carboxylic acids is 1. The summed E-state index contributed by atoms with van der Waals surface area (Å²) in [7, 11) is 1.84. The molecule has 0 radical (unpaired) electrons. The topological polar surface area (TPSA) is 46.3 Å². The van der Waals surface area contributed by atoms with Gasteiger partial charge < -0.3 is 10.6 Å². The van der Waals surface area contributed by atoms with Crippen molar-refractivity contribution < 1.29 is 4.79 Å². The third kappa shape index (κ3) is 5.14. The third-order valence-corrected chi connectivity index (χ3v) is 3.82. The molecule has 20 heavy (non-hydrogen) atoms. The van der Waals surface area contributed by atoms with Gasteiger partial charge in [-0.15, -0.1) is 12.4 Å². The molecule has 0 aliphatic heterocycles. The maximum absolute atomic E-state index is 12.3. The Kier molecular flexibility index (Phi) is 8.51. The monoisotopic (exact) mass is 298 g/mol. The Balaban J connectivity index is 0.00000361. The first kappa shape index (κ1) is 18.9. The number of nitrogens with zero attached hydrogens (tertiary/aromatic N) is 1. The van der Waals surface area contributed by atoms with Crippen LogP contribution in [0.4, 0.5) is 0 Å². The van der Waals surface area contributed by atoms with Crippen LogP contribution in [0, 0.1) is 5.92 Å². The van der Waals surface area contributed by atoms with Crippen LogP contribution in [0.15, 0.2) is 30.3 Å². The van der Waals surface area contributed by atoms with Crippen molar-refractivity contribution in [3.63, 3.8) is 0 Å². The molecule has 2 unspecified atom stereocenters. The molecule has 2 atom stereocenters. The molecule has 114 valence electrons. The second-order valence-corrected chi connectivity index (χ2v) is 5.55. The molecule has 0 saturated heterocycles. The fourth-order valence-electron chi connectivity index (χ4n) is 2.17. The van der Waals surface area contributed by atoms with Gasteiger partial charge in [-0.05, 0) is 24.3 Å². The average molecular weight is 299 g/mol. The number of benzene rings is 1. The number of hydrogen-bond donors (Lipinski definition) is 1. The van der Waals surface area contributed by atoms with Gasteiger partial charge in [-0.3, -0.25) is 4.79 Å². The number of rotatable bonds is 6. The minimum atomic E-state index is 0. The van der Waals surface area contributed by atoms with E-state index in [1.807, 2.05) is 32.2 Å². The van der Waals surface area contributed by atoms with Gasteiger partial charge in [-0.1, -0.05) is 44.2 Å². The van der Waals surface area contributed by atoms with E-state index < -0.39 is 0 Å². The van der Waals surface area contributed by atoms with Crippen LogP contribution in [0.25, 0.3) is 0 Å². The molecule has 3 nitrogen and oxygen atoms in total. The van der Waals surface area contributed by atoms with E-state index in [0.29, 0.717) is 18.9 Å². The van der Waals surface area contributed by atoms with Crippen LogP contribution in [0.5, 0.6) is 0 Å². The Hall–Kier alpha value is -1.06. The molecule has 2 N–H and O–H groups in total. The third-order valence-electron chi connectivity index (χ3n) is 3.82. The first-order chi connectivity index (χ1) is 8.97. The summed E-state index contributed by atoms with van der Waals surface area (Å²) in [5.41, 5.74) is 6.85. The van der Waals surface area contributed by atoms with Gasteiger partial charge >= 0.3 is 0 Å². The van der Waals surface area contributed by atoms with E-state index >= 15 is 0 Å². The zero-order valence-electron chi connectivity index (χ0n) is 12.9. The minimum absolute atomic E-state index is 0. The molecular weight excluding hydrogens is 272 g/mol. The van der Waals surface area contributed by atoms with E-state index in [1.54, 1.807) is 4.90 Å². The van der Waals surface area contributed by atoms with Gasteiger partial charge in [0.25, 0.3) is 0 Å². The highest BCUT2D eigenvalue weighted by atomic mass is 35.5. The van der Waals surface area contributed by atoms with Crippen molar-refractivity contribution in [2.24, 2.45) is 11.7 Å². The number of hydrogen-bond acceptors (Lipinski definition) is 2. The summed E-state index contributed by atoms with van der Waals surface area (Å²) in [6, 6.07) is 10.4. The maximum Gasteiger partial charge on any atom is 0.223 e. The minimum Gasteiger partial charge on any atom is -0.342 e. The van der Waals surface area contributed by atoms with E-state index in [1.165, 1.54) is 5.56 Å². The number of nitrogens with two attached hydrogens (primary N) is 1. The standard InChI is InChI=1S/C16H26N2O.ClH/c1-12(2)15(14-8-6-5-7-9-14)10-16(19)18(4)13(3)11-17;/h5-9,12-13,15H,10-11,17H2,1-4H3;1H. The summed E-state index contributed by atoms with van der Waals surface area (Å²) >= 11 is 0. The molecule has 4 heteroatoms. The lowest BCUT2D eigenvalue weighted by Gasteiger charge is -2.27. The first-order valence-electron chi connectivity index (χ1n) is 6.98. The summed E-state index contributed by atoms with van der Waals surface area (Å²) < 4.78 is 0. The molecular formula is C16H27ClN2O. The molecule has 0 fully saturated rings. The highest BCUT2D eigenvalue weighted by Gasteiger charge is 2.23. The van der Waals surface area contributed by atoms with Gasteiger partial charge in [0.15, 0.2) is 0 Å². The largest absolute Gasteiger partial charge is 0.342 e. The fraction of sp³-hybridized carbons (Fsp3) is 0.562. The molecule has 0 bridgehead atoms. The SMILES string of the molecule is CC(C)C(CC(=O)N(C)C(C)CN)c1ccccc1.Cl. The van der Waals surface area contributed by atoms with Crippen LogP contribution in [0.3, 0.4) is 0 Å². The van der Waals surface area contributed by atoms with E-state index in [-0.39, 0.29) is 30.3 Å². The predicted molar refractivity (Wildman–Crippen MR) is 87.2 cm³/mol. The first-order valence-corrected chi connectivity index (χ1v) is 6.98. The second kappa shape index (κ2) is 8.98. The Labute approximate surface area is 128 Å². The lowest BCUT2D eigenvalue weighted by atomic mass is 9.85. The van der Waals surface area contributed by atoms with Crippen molar-refractivity contribution in [3.05, 3.63) is 35.9 Å². The predicted octanol–water partition coefficient (Wildman–Crippen LogP) is 3.04. The van der Waals surface area contributed by atoms with Crippen molar-refractivity contribution in [2.75, 3.05) is 13.6 Å². The molecule has 1 aromatic rings. The molecule has 0 saturated carbocycles. The van der Waals surface area contributed by atoms with Crippen molar-refractivity contribution in [2.45, 2.75) is 39.2 Å². The molecule has 0 aromatic heterocycles. The van der Waals surface area contributed by atoms with E-state index in [2.05, 4.69) is 26.0 Å². The molecule has 1 amide bonds. The van der Waals surface area contributed by atoms with Crippen LogP contribution >= 0.6 is 12.4 Å².